The number of alkyl halides is 2. The molecule has 0 aliphatic carbocycles. The van der Waals surface area contributed by atoms with Crippen LogP contribution < -0.4 is 16.2 Å². The number of ketones is 1. The Morgan fingerprint density at radius 2 is 2.00 bits per heavy atom. The van der Waals surface area contributed by atoms with E-state index in [1.54, 1.807) is 0 Å². The highest BCUT2D eigenvalue weighted by atomic mass is 19.3. The van der Waals surface area contributed by atoms with E-state index in [9.17, 15) is 18.0 Å². The Hall–Kier alpha value is -3.48. The molecule has 1 atom stereocenters. The molecule has 3 rings (SSSR count). The van der Waals surface area contributed by atoms with Gasteiger partial charge in [0.15, 0.2) is 23.7 Å². The van der Waals surface area contributed by atoms with E-state index < -0.39 is 47.8 Å². The van der Waals surface area contributed by atoms with Gasteiger partial charge in [-0.1, -0.05) is 0 Å². The molecule has 3 heterocycles. The maximum Gasteiger partial charge on any atom is 0.311 e. The minimum absolute atomic E-state index is 0.00492. The second kappa shape index (κ2) is 8.94. The zero-order chi connectivity index (χ0) is 23.5. The van der Waals surface area contributed by atoms with Crippen molar-refractivity contribution < 1.29 is 32.2 Å². The number of hydrogen-bond acceptors (Lipinski definition) is 10. The van der Waals surface area contributed by atoms with E-state index >= 15 is 0 Å². The minimum Gasteiger partial charge on any atom is -0.474 e. The zero-order valence-corrected chi connectivity index (χ0v) is 17.3. The lowest BCUT2D eigenvalue weighted by atomic mass is 9.88. The number of aromatic nitrogens is 3. The molecular formula is C19H21F3N6O4. The Bertz CT molecular complexity index is 1050. The van der Waals surface area contributed by atoms with E-state index in [-0.39, 0.29) is 29.7 Å². The fourth-order valence-electron chi connectivity index (χ4n) is 2.94. The van der Waals surface area contributed by atoms with Crippen molar-refractivity contribution >= 4 is 17.6 Å². The van der Waals surface area contributed by atoms with Gasteiger partial charge >= 0.3 is 5.92 Å². The first-order valence-corrected chi connectivity index (χ1v) is 9.36. The van der Waals surface area contributed by atoms with Crippen LogP contribution in [0.15, 0.2) is 23.3 Å². The summed E-state index contributed by atoms with van der Waals surface area (Å²) in [6.07, 6.45) is 0.817. The highest BCUT2D eigenvalue weighted by molar-refractivity contribution is 5.99. The van der Waals surface area contributed by atoms with Gasteiger partial charge < -0.3 is 25.7 Å². The van der Waals surface area contributed by atoms with Gasteiger partial charge in [-0.15, -0.1) is 0 Å². The number of anilines is 1. The van der Waals surface area contributed by atoms with Crippen molar-refractivity contribution in [2.45, 2.75) is 24.8 Å². The summed E-state index contributed by atoms with van der Waals surface area (Å²) in [7, 11) is 1.50. The summed E-state index contributed by atoms with van der Waals surface area (Å²) in [4.78, 5) is 28.1. The molecule has 1 aliphatic rings. The Kier molecular flexibility index (Phi) is 6.48. The molecule has 4 N–H and O–H groups in total. The van der Waals surface area contributed by atoms with Crippen LogP contribution in [0, 0.1) is 5.82 Å². The van der Waals surface area contributed by atoms with Crippen molar-refractivity contribution in [1.29, 1.82) is 0 Å². The number of methoxy groups -OCH3 is 1. The predicted molar refractivity (Wildman–Crippen MR) is 106 cm³/mol. The van der Waals surface area contributed by atoms with Crippen LogP contribution in [0.25, 0.3) is 0 Å². The molecule has 32 heavy (non-hydrogen) atoms. The van der Waals surface area contributed by atoms with Crippen LogP contribution in [-0.4, -0.2) is 59.6 Å². The summed E-state index contributed by atoms with van der Waals surface area (Å²) in [5, 5.41) is 0. The number of rotatable bonds is 8. The largest absolute Gasteiger partial charge is 0.474 e. The molecule has 0 unspecified atom stereocenters. The molecule has 0 fully saturated rings. The Morgan fingerprint density at radius 1 is 1.25 bits per heavy atom. The summed E-state index contributed by atoms with van der Waals surface area (Å²) in [6, 6.07) is 1.60. The summed E-state index contributed by atoms with van der Waals surface area (Å²) < 4.78 is 58.2. The van der Waals surface area contributed by atoms with E-state index in [1.807, 2.05) is 0 Å². The molecule has 2 aromatic rings. The number of aliphatic imine (C=N–C) groups is 1. The van der Waals surface area contributed by atoms with Crippen LogP contribution in [0.1, 0.15) is 28.8 Å². The van der Waals surface area contributed by atoms with Crippen LogP contribution in [0.4, 0.5) is 19.0 Å². The monoisotopic (exact) mass is 454 g/mol. The SMILES string of the molecule is COCCOc1cnc(C(=O)Cc2ccc(F)c([C@@]3(C)N=C(N)OCC3(F)F)n2)c(N)n1. The molecule has 0 bridgehead atoms. The van der Waals surface area contributed by atoms with Crippen molar-refractivity contribution in [1.82, 2.24) is 15.0 Å². The quantitative estimate of drug-likeness (QED) is 0.444. The number of pyridine rings is 1. The van der Waals surface area contributed by atoms with E-state index in [2.05, 4.69) is 24.7 Å². The standard InChI is InChI=1S/C19H21F3N6O4/c1-18(19(21,22)9-32-17(24)28-18)15-11(20)4-3-10(26-15)7-12(29)14-16(23)27-13(8-25-14)31-6-5-30-2/h3-4,8H,5-7,9H2,1-2H3,(H2,23,27)(H2,24,28)/t18-/m1/s1. The van der Waals surface area contributed by atoms with Gasteiger partial charge in [0.05, 0.1) is 19.2 Å². The molecule has 2 aromatic heterocycles. The van der Waals surface area contributed by atoms with Crippen molar-refractivity contribution in [3.05, 3.63) is 41.2 Å². The molecular weight excluding hydrogens is 433 g/mol. The molecule has 172 valence electrons. The van der Waals surface area contributed by atoms with Crippen LogP contribution in [0.5, 0.6) is 5.88 Å². The van der Waals surface area contributed by atoms with Crippen molar-refractivity contribution in [2.24, 2.45) is 10.7 Å². The summed E-state index contributed by atoms with van der Waals surface area (Å²) in [6.45, 7) is 0.432. The summed E-state index contributed by atoms with van der Waals surface area (Å²) >= 11 is 0. The van der Waals surface area contributed by atoms with Crippen molar-refractivity contribution in [3.63, 3.8) is 0 Å². The minimum atomic E-state index is -3.60. The number of amidine groups is 1. The normalized spacial score (nSPS) is 19.7. The maximum atomic E-state index is 14.5. The first-order chi connectivity index (χ1) is 15.1. The third kappa shape index (κ3) is 4.56. The molecule has 0 spiro atoms. The number of nitrogens with zero attached hydrogens (tertiary/aromatic N) is 4. The van der Waals surface area contributed by atoms with E-state index in [0.717, 1.165) is 13.0 Å². The van der Waals surface area contributed by atoms with Gasteiger partial charge in [0, 0.05) is 12.8 Å². The second-order valence-corrected chi connectivity index (χ2v) is 7.03. The van der Waals surface area contributed by atoms with Gasteiger partial charge in [-0.05, 0) is 19.1 Å². The molecule has 0 saturated carbocycles. The topological polar surface area (TPSA) is 148 Å². The fourth-order valence-corrected chi connectivity index (χ4v) is 2.94. The van der Waals surface area contributed by atoms with Gasteiger partial charge in [0.25, 0.3) is 6.02 Å². The molecule has 10 nitrogen and oxygen atoms in total. The molecule has 0 aromatic carbocycles. The highest BCUT2D eigenvalue weighted by Gasteiger charge is 2.57. The Labute approximate surface area is 180 Å². The van der Waals surface area contributed by atoms with Crippen LogP contribution in [-0.2, 0) is 21.4 Å². The molecule has 0 radical (unpaired) electrons. The second-order valence-electron chi connectivity index (χ2n) is 7.03. The number of carbonyl (C=O) groups is 1. The number of Topliss-reactive ketones (excluding diaryl/α,β-unsaturated/α-hetero) is 1. The predicted octanol–water partition coefficient (Wildman–Crippen LogP) is 1.24. The highest BCUT2D eigenvalue weighted by Crippen LogP contribution is 2.43. The maximum absolute atomic E-state index is 14.5. The van der Waals surface area contributed by atoms with E-state index in [1.165, 1.54) is 19.4 Å². The van der Waals surface area contributed by atoms with Gasteiger partial charge in [-0.25, -0.2) is 14.4 Å². The molecule has 1 aliphatic heterocycles. The molecule has 0 saturated heterocycles. The zero-order valence-electron chi connectivity index (χ0n) is 17.3. The number of nitrogen functional groups attached to an aromatic ring is 1. The van der Waals surface area contributed by atoms with Crippen molar-refractivity contribution in [3.8, 4) is 5.88 Å². The number of nitrogens with two attached hydrogens (primary N) is 2. The number of ether oxygens (including phenoxy) is 3. The lowest BCUT2D eigenvalue weighted by Crippen LogP contribution is -2.51. The van der Waals surface area contributed by atoms with E-state index in [0.29, 0.717) is 6.61 Å². The first kappa shape index (κ1) is 23.2. The smallest absolute Gasteiger partial charge is 0.311 e. The Morgan fingerprint density at radius 3 is 2.69 bits per heavy atom. The van der Waals surface area contributed by atoms with Crippen LogP contribution >= 0.6 is 0 Å². The Balaban J connectivity index is 1.85. The van der Waals surface area contributed by atoms with Crippen molar-refractivity contribution in [2.75, 3.05) is 32.7 Å². The molecule has 13 heteroatoms. The fraction of sp³-hybridized carbons (Fsp3) is 0.421. The van der Waals surface area contributed by atoms with Crippen LogP contribution in [0.2, 0.25) is 0 Å². The third-order valence-corrected chi connectivity index (χ3v) is 4.73. The summed E-state index contributed by atoms with van der Waals surface area (Å²) in [5.41, 5.74) is 7.97. The average molecular weight is 454 g/mol. The third-order valence-electron chi connectivity index (χ3n) is 4.73. The van der Waals surface area contributed by atoms with E-state index in [4.69, 9.17) is 20.9 Å². The molecule has 0 amide bonds. The van der Waals surface area contributed by atoms with Gasteiger partial charge in [-0.3, -0.25) is 9.78 Å². The lowest BCUT2D eigenvalue weighted by Gasteiger charge is -2.36. The van der Waals surface area contributed by atoms with Crippen LogP contribution in [0.3, 0.4) is 0 Å². The van der Waals surface area contributed by atoms with Gasteiger partial charge in [0.1, 0.15) is 23.8 Å². The lowest BCUT2D eigenvalue weighted by molar-refractivity contribution is -0.118. The van der Waals surface area contributed by atoms with Gasteiger partial charge in [-0.2, -0.15) is 13.8 Å². The summed E-state index contributed by atoms with van der Waals surface area (Å²) in [5.74, 6) is -5.31. The number of hydrogen-bond donors (Lipinski definition) is 2. The number of halogens is 3. The van der Waals surface area contributed by atoms with Gasteiger partial charge in [0.2, 0.25) is 5.88 Å². The first-order valence-electron chi connectivity index (χ1n) is 9.36. The number of carbonyl (C=O) groups excluding carboxylic acids is 1. The average Bonchev–Trinajstić information content (AvgIpc) is 2.73.